The number of nitro benzene ring substituents is 1. The quantitative estimate of drug-likeness (QED) is 0.302. The molecule has 0 aromatic heterocycles. The fraction of sp³-hybridized carbons (Fsp3) is 0.188. The Labute approximate surface area is 172 Å². The van der Waals surface area contributed by atoms with Gasteiger partial charge in [0.1, 0.15) is 17.1 Å². The molecule has 0 radical (unpaired) electrons. The van der Waals surface area contributed by atoms with E-state index in [0.29, 0.717) is 12.1 Å². The molecule has 1 unspecified atom stereocenters. The molecule has 30 heavy (non-hydrogen) atoms. The van der Waals surface area contributed by atoms with Gasteiger partial charge < -0.3 is 20.3 Å². The highest BCUT2D eigenvalue weighted by molar-refractivity contribution is 7.71. The lowest BCUT2D eigenvalue weighted by Gasteiger charge is -2.13. The first-order valence-electron chi connectivity index (χ1n) is 7.72. The Morgan fingerprint density at radius 1 is 1.27 bits per heavy atom. The van der Waals surface area contributed by atoms with Crippen LogP contribution < -0.4 is 10.9 Å². The average molecular weight is 471 g/mol. The summed E-state index contributed by atoms with van der Waals surface area (Å²) in [5, 5.41) is 10.7. The largest absolute Gasteiger partial charge is 0.456 e. The van der Waals surface area contributed by atoms with Gasteiger partial charge in [-0.25, -0.2) is 0 Å². The van der Waals surface area contributed by atoms with Crippen LogP contribution in [0.25, 0.3) is 0 Å². The van der Waals surface area contributed by atoms with Gasteiger partial charge in [-0.3, -0.25) is 19.5 Å². The fourth-order valence-corrected chi connectivity index (χ4v) is 3.35. The molecule has 164 valence electrons. The second kappa shape index (κ2) is 9.54. The van der Waals surface area contributed by atoms with Gasteiger partial charge in [0.15, 0.2) is 0 Å². The molecule has 1 atom stereocenters. The number of nitrogens with zero attached hydrogens (tertiary/aromatic N) is 1. The number of rotatable bonds is 7. The average Bonchev–Trinajstić information content (AvgIpc) is 2.61. The predicted molar refractivity (Wildman–Crippen MR) is 100 cm³/mol. The second-order valence-electron chi connectivity index (χ2n) is 5.42. The number of benzene rings is 2. The van der Waals surface area contributed by atoms with Crippen molar-refractivity contribution in [2.24, 2.45) is 0 Å². The lowest BCUT2D eigenvalue weighted by atomic mass is 10.2. The third kappa shape index (κ3) is 5.77. The number of alkyl halides is 3. The van der Waals surface area contributed by atoms with Gasteiger partial charge in [0, 0.05) is 6.07 Å². The summed E-state index contributed by atoms with van der Waals surface area (Å²) in [4.78, 5) is 32.1. The molecular weight excluding hydrogens is 456 g/mol. The molecule has 2 rings (SSSR count). The summed E-state index contributed by atoms with van der Waals surface area (Å²) in [5.41, 5.74) is -4.10. The molecule has 0 heterocycles. The number of carbonyl (C=O) groups is 1. The summed E-state index contributed by atoms with van der Waals surface area (Å²) < 4.78 is 59.8. The zero-order chi connectivity index (χ0) is 22.0. The molecule has 2 aromatic carbocycles. The van der Waals surface area contributed by atoms with Crippen LogP contribution in [0.3, 0.4) is 0 Å². The molecule has 9 nitrogen and oxygen atoms in total. The number of halogens is 4. The molecule has 0 spiro atoms. The van der Waals surface area contributed by atoms with E-state index in [1.54, 1.807) is 0 Å². The van der Waals surface area contributed by atoms with Crippen molar-refractivity contribution in [2.45, 2.75) is 13.1 Å². The molecule has 0 aliphatic carbocycles. The lowest BCUT2D eigenvalue weighted by molar-refractivity contribution is -0.385. The SMILES string of the molecule is CCOP(=O)(O)C(=O)c1cc(Oc2ccc(C(F)(F)F)cc2Cl)ccc1[N+](=O)[O-].N. The Kier molecular flexibility index (Phi) is 8.12. The van der Waals surface area contributed by atoms with Crippen LogP contribution in [-0.2, 0) is 15.3 Å². The molecule has 0 amide bonds. The summed E-state index contributed by atoms with van der Waals surface area (Å²) in [7, 11) is -4.86. The van der Waals surface area contributed by atoms with E-state index in [9.17, 15) is 37.5 Å². The molecular formula is C16H15ClF3N2O7P. The van der Waals surface area contributed by atoms with Crippen molar-refractivity contribution in [3.8, 4) is 11.5 Å². The predicted octanol–water partition coefficient (Wildman–Crippen LogP) is 5.58. The van der Waals surface area contributed by atoms with E-state index >= 15 is 0 Å². The maximum absolute atomic E-state index is 12.7. The van der Waals surface area contributed by atoms with Crippen molar-refractivity contribution in [3.63, 3.8) is 0 Å². The lowest BCUT2D eigenvalue weighted by Crippen LogP contribution is -2.07. The Bertz CT molecular complexity index is 1020. The maximum atomic E-state index is 12.7. The van der Waals surface area contributed by atoms with E-state index in [0.717, 1.165) is 24.3 Å². The first kappa shape index (κ1) is 25.5. The molecule has 2 aromatic rings. The van der Waals surface area contributed by atoms with E-state index in [-0.39, 0.29) is 24.3 Å². The standard InChI is InChI=1S/C16H12ClF3NO7P.H3N/c1-2-27-29(25,26)15(22)11-8-10(4-5-13(11)21(23)24)28-14-6-3-9(7-12(14)17)16(18,19)20;/h3-8H,2H2,1H3,(H,25,26);1H3. The molecule has 0 fully saturated rings. The van der Waals surface area contributed by atoms with Crippen LogP contribution in [0.2, 0.25) is 5.02 Å². The zero-order valence-electron chi connectivity index (χ0n) is 15.2. The maximum Gasteiger partial charge on any atom is 0.416 e. The van der Waals surface area contributed by atoms with Gasteiger partial charge >= 0.3 is 13.8 Å². The number of hydrogen-bond donors (Lipinski definition) is 2. The molecule has 4 N–H and O–H groups in total. The highest BCUT2D eigenvalue weighted by Gasteiger charge is 2.36. The van der Waals surface area contributed by atoms with Crippen molar-refractivity contribution in [1.82, 2.24) is 6.15 Å². The van der Waals surface area contributed by atoms with E-state index < -0.39 is 46.1 Å². The summed E-state index contributed by atoms with van der Waals surface area (Å²) in [6.45, 7) is 1.04. The van der Waals surface area contributed by atoms with Crippen LogP contribution in [-0.4, -0.2) is 21.9 Å². The minimum atomic E-state index is -4.86. The van der Waals surface area contributed by atoms with E-state index in [1.807, 2.05) is 0 Å². The van der Waals surface area contributed by atoms with Crippen LogP contribution in [0.5, 0.6) is 11.5 Å². The fourth-order valence-electron chi connectivity index (χ4n) is 2.18. The Balaban J connectivity index is 0.00000450. The van der Waals surface area contributed by atoms with Crippen molar-refractivity contribution in [1.29, 1.82) is 0 Å². The summed E-state index contributed by atoms with van der Waals surface area (Å²) in [6.07, 6.45) is -4.63. The van der Waals surface area contributed by atoms with Crippen LogP contribution in [0.4, 0.5) is 18.9 Å². The van der Waals surface area contributed by atoms with Crippen molar-refractivity contribution in [3.05, 3.63) is 62.7 Å². The van der Waals surface area contributed by atoms with Crippen molar-refractivity contribution in [2.75, 3.05) is 6.61 Å². The van der Waals surface area contributed by atoms with Crippen molar-refractivity contribution >= 4 is 30.4 Å². The highest BCUT2D eigenvalue weighted by Crippen LogP contribution is 2.47. The third-order valence-electron chi connectivity index (χ3n) is 3.44. The second-order valence-corrected chi connectivity index (χ2v) is 7.54. The van der Waals surface area contributed by atoms with Crippen LogP contribution in [0, 0.1) is 10.1 Å². The Morgan fingerprint density at radius 3 is 2.40 bits per heavy atom. The molecule has 0 saturated carbocycles. The van der Waals surface area contributed by atoms with E-state index in [4.69, 9.17) is 16.3 Å². The Morgan fingerprint density at radius 2 is 1.90 bits per heavy atom. The van der Waals surface area contributed by atoms with Gasteiger partial charge in [-0.1, -0.05) is 11.6 Å². The zero-order valence-corrected chi connectivity index (χ0v) is 16.8. The van der Waals surface area contributed by atoms with Crippen LogP contribution >= 0.6 is 19.2 Å². The van der Waals surface area contributed by atoms with Gasteiger partial charge in [-0.05, 0) is 37.3 Å². The molecule has 0 aliphatic heterocycles. The monoisotopic (exact) mass is 470 g/mol. The summed E-state index contributed by atoms with van der Waals surface area (Å²) in [6, 6.07) is 4.93. The Hall–Kier alpha value is -2.50. The van der Waals surface area contributed by atoms with Crippen LogP contribution in [0.15, 0.2) is 36.4 Å². The first-order valence-corrected chi connectivity index (χ1v) is 9.67. The highest BCUT2D eigenvalue weighted by atomic mass is 35.5. The third-order valence-corrected chi connectivity index (χ3v) is 5.10. The van der Waals surface area contributed by atoms with E-state index in [2.05, 4.69) is 4.52 Å². The van der Waals surface area contributed by atoms with Gasteiger partial charge in [-0.15, -0.1) is 0 Å². The van der Waals surface area contributed by atoms with E-state index in [1.165, 1.54) is 6.92 Å². The van der Waals surface area contributed by atoms with Gasteiger partial charge in [0.25, 0.3) is 11.2 Å². The molecule has 0 bridgehead atoms. The van der Waals surface area contributed by atoms with Gasteiger partial charge in [0.2, 0.25) is 0 Å². The normalized spacial score (nSPS) is 13.1. The van der Waals surface area contributed by atoms with Gasteiger partial charge in [0.05, 0.1) is 22.1 Å². The molecule has 0 saturated heterocycles. The van der Waals surface area contributed by atoms with Crippen molar-refractivity contribution < 1.29 is 41.6 Å². The van der Waals surface area contributed by atoms with Crippen LogP contribution in [0.1, 0.15) is 22.8 Å². The topological polar surface area (TPSA) is 151 Å². The number of hydrogen-bond acceptors (Lipinski definition) is 7. The smallest absolute Gasteiger partial charge is 0.416 e. The summed E-state index contributed by atoms with van der Waals surface area (Å²) in [5.74, 6) is -0.471. The van der Waals surface area contributed by atoms with Gasteiger partial charge in [-0.2, -0.15) is 13.2 Å². The number of ether oxygens (including phenoxy) is 1. The minimum absolute atomic E-state index is 0. The number of carbonyl (C=O) groups excluding carboxylic acids is 1. The minimum Gasteiger partial charge on any atom is -0.456 e. The first-order chi connectivity index (χ1) is 13.4. The number of nitro groups is 1. The summed E-state index contributed by atoms with van der Waals surface area (Å²) >= 11 is 5.78. The molecule has 14 heteroatoms. The molecule has 0 aliphatic rings.